The van der Waals surface area contributed by atoms with Gasteiger partial charge in [-0.2, -0.15) is 13.2 Å². The van der Waals surface area contributed by atoms with Crippen LogP contribution in [0.4, 0.5) is 13.2 Å². The van der Waals surface area contributed by atoms with Gasteiger partial charge in [0.15, 0.2) is 0 Å². The summed E-state index contributed by atoms with van der Waals surface area (Å²) in [6.07, 6.45) is -4.51. The number of benzene rings is 1. The van der Waals surface area contributed by atoms with Crippen LogP contribution >= 0.6 is 0 Å². The van der Waals surface area contributed by atoms with Crippen LogP contribution in [0.15, 0.2) is 24.3 Å². The first kappa shape index (κ1) is 15.8. The van der Waals surface area contributed by atoms with Crippen LogP contribution < -0.4 is 5.32 Å². The molecule has 0 heterocycles. The summed E-state index contributed by atoms with van der Waals surface area (Å²) < 4.78 is 37.8. The third kappa shape index (κ3) is 3.74. The highest BCUT2D eigenvalue weighted by Gasteiger charge is 2.34. The van der Waals surface area contributed by atoms with Gasteiger partial charge in [-0.3, -0.25) is 4.79 Å². The lowest BCUT2D eigenvalue weighted by molar-refractivity contribution is -0.137. The van der Waals surface area contributed by atoms with Gasteiger partial charge >= 0.3 is 6.18 Å². The van der Waals surface area contributed by atoms with Crippen molar-refractivity contribution in [3.05, 3.63) is 35.4 Å². The number of rotatable bonds is 3. The minimum absolute atomic E-state index is 0.0771. The largest absolute Gasteiger partial charge is 0.416 e. The van der Waals surface area contributed by atoms with Crippen LogP contribution in [0.25, 0.3) is 0 Å². The quantitative estimate of drug-likeness (QED) is 0.794. The number of hydrogen-bond donors (Lipinski definition) is 3. The highest BCUT2D eigenvalue weighted by Crippen LogP contribution is 2.30. The van der Waals surface area contributed by atoms with E-state index in [1.54, 1.807) is 0 Å². The molecule has 3 atom stereocenters. The molecule has 1 aliphatic rings. The fraction of sp³-hybridized carbons (Fsp3) is 0.500. The molecular weight excluding hydrogens is 287 g/mol. The Hall–Kier alpha value is -1.60. The van der Waals surface area contributed by atoms with Gasteiger partial charge < -0.3 is 15.5 Å². The number of alkyl halides is 3. The van der Waals surface area contributed by atoms with Gasteiger partial charge in [-0.1, -0.05) is 6.07 Å². The molecule has 0 spiro atoms. The van der Waals surface area contributed by atoms with Crippen LogP contribution in [0.3, 0.4) is 0 Å². The molecule has 0 radical (unpaired) electrons. The van der Waals surface area contributed by atoms with Gasteiger partial charge in [-0.25, -0.2) is 0 Å². The van der Waals surface area contributed by atoms with Crippen molar-refractivity contribution < 1.29 is 28.2 Å². The molecule has 0 aliphatic heterocycles. The molecule has 4 nitrogen and oxygen atoms in total. The smallest absolute Gasteiger partial charge is 0.396 e. The summed E-state index contributed by atoms with van der Waals surface area (Å²) in [5.41, 5.74) is -0.957. The number of nitrogens with one attached hydrogen (secondary N) is 1. The fourth-order valence-corrected chi connectivity index (χ4v) is 2.52. The van der Waals surface area contributed by atoms with Crippen molar-refractivity contribution >= 4 is 5.91 Å². The molecular formula is C14H16F3NO3. The Labute approximate surface area is 119 Å². The highest BCUT2D eigenvalue weighted by molar-refractivity contribution is 5.94. The molecule has 116 valence electrons. The monoisotopic (exact) mass is 303 g/mol. The van der Waals surface area contributed by atoms with Crippen molar-refractivity contribution in [1.82, 2.24) is 5.32 Å². The Morgan fingerprint density at radius 1 is 1.33 bits per heavy atom. The van der Waals surface area contributed by atoms with E-state index >= 15 is 0 Å². The summed E-state index contributed by atoms with van der Waals surface area (Å²) in [5.74, 6) is -0.923. The molecule has 1 aromatic rings. The lowest BCUT2D eigenvalue weighted by Crippen LogP contribution is -2.33. The van der Waals surface area contributed by atoms with Gasteiger partial charge in [0.1, 0.15) is 0 Å². The topological polar surface area (TPSA) is 69.6 Å². The molecule has 1 saturated carbocycles. The molecule has 1 amide bonds. The van der Waals surface area contributed by atoms with Crippen LogP contribution in [0.1, 0.15) is 28.8 Å². The summed E-state index contributed by atoms with van der Waals surface area (Å²) in [5, 5.41) is 21.3. The average Bonchev–Trinajstić information content (AvgIpc) is 2.78. The predicted octanol–water partition coefficient (Wildman–Crippen LogP) is 1.57. The first-order valence-corrected chi connectivity index (χ1v) is 6.58. The Kier molecular flexibility index (Phi) is 4.53. The molecule has 1 aliphatic carbocycles. The Morgan fingerprint density at radius 2 is 2.05 bits per heavy atom. The Morgan fingerprint density at radius 3 is 2.62 bits per heavy atom. The molecule has 1 aromatic carbocycles. The summed E-state index contributed by atoms with van der Waals surface area (Å²) in [4.78, 5) is 12.0. The number of aliphatic hydroxyl groups excluding tert-OH is 2. The maximum absolute atomic E-state index is 12.6. The van der Waals surface area contributed by atoms with E-state index in [4.69, 9.17) is 5.11 Å². The van der Waals surface area contributed by atoms with Crippen molar-refractivity contribution in [2.24, 2.45) is 5.92 Å². The van der Waals surface area contributed by atoms with Gasteiger partial charge in [0, 0.05) is 24.1 Å². The van der Waals surface area contributed by atoms with Crippen molar-refractivity contribution in [2.45, 2.75) is 31.2 Å². The summed E-state index contributed by atoms with van der Waals surface area (Å²) in [7, 11) is 0. The second-order valence-corrected chi connectivity index (χ2v) is 5.23. The zero-order chi connectivity index (χ0) is 15.6. The van der Waals surface area contributed by atoms with Crippen LogP contribution in [-0.2, 0) is 6.18 Å². The fourth-order valence-electron chi connectivity index (χ4n) is 2.52. The molecule has 0 unspecified atom stereocenters. The molecule has 1 fully saturated rings. The number of hydrogen-bond acceptors (Lipinski definition) is 3. The molecule has 0 bridgehead atoms. The van der Waals surface area contributed by atoms with E-state index in [2.05, 4.69) is 5.32 Å². The van der Waals surface area contributed by atoms with Crippen molar-refractivity contribution in [1.29, 1.82) is 0 Å². The lowest BCUT2D eigenvalue weighted by Gasteiger charge is -2.13. The minimum Gasteiger partial charge on any atom is -0.396 e. The van der Waals surface area contributed by atoms with Crippen LogP contribution in [0, 0.1) is 5.92 Å². The van der Waals surface area contributed by atoms with E-state index in [0.29, 0.717) is 6.42 Å². The summed E-state index contributed by atoms with van der Waals surface area (Å²) >= 11 is 0. The second kappa shape index (κ2) is 6.03. The number of carbonyl (C=O) groups excluding carboxylic acids is 1. The maximum Gasteiger partial charge on any atom is 0.416 e. The lowest BCUT2D eigenvalue weighted by atomic mass is 10.1. The van der Waals surface area contributed by atoms with E-state index < -0.39 is 23.8 Å². The molecule has 2 rings (SSSR count). The molecule has 21 heavy (non-hydrogen) atoms. The van der Waals surface area contributed by atoms with Crippen molar-refractivity contribution in [2.75, 3.05) is 6.61 Å². The molecule has 3 N–H and O–H groups in total. The van der Waals surface area contributed by atoms with E-state index in [1.807, 2.05) is 0 Å². The van der Waals surface area contributed by atoms with E-state index in [1.165, 1.54) is 12.1 Å². The average molecular weight is 303 g/mol. The predicted molar refractivity (Wildman–Crippen MR) is 68.5 cm³/mol. The van der Waals surface area contributed by atoms with E-state index in [0.717, 1.165) is 12.1 Å². The number of amides is 1. The molecule has 0 aromatic heterocycles. The first-order valence-electron chi connectivity index (χ1n) is 6.58. The Bertz CT molecular complexity index is 518. The Balaban J connectivity index is 2.05. The van der Waals surface area contributed by atoms with Crippen molar-refractivity contribution in [3.63, 3.8) is 0 Å². The number of carbonyl (C=O) groups is 1. The van der Waals surface area contributed by atoms with E-state index in [9.17, 15) is 23.1 Å². The van der Waals surface area contributed by atoms with Gasteiger partial charge in [-0.05, 0) is 31.0 Å². The van der Waals surface area contributed by atoms with Crippen LogP contribution in [0.2, 0.25) is 0 Å². The standard InChI is InChI=1S/C14H16F3NO3/c15-14(16,17)10-3-1-2-8(4-10)13(21)18-11-5-9(7-19)12(20)6-11/h1-4,9,11-12,19-20H,5-7H2,(H,18,21)/t9-,11-,12-/m0/s1. The molecule has 0 saturated heterocycles. The van der Waals surface area contributed by atoms with Gasteiger partial charge in [-0.15, -0.1) is 0 Å². The van der Waals surface area contributed by atoms with Gasteiger partial charge in [0.05, 0.1) is 11.7 Å². The number of halogens is 3. The van der Waals surface area contributed by atoms with E-state index in [-0.39, 0.29) is 30.6 Å². The zero-order valence-electron chi connectivity index (χ0n) is 11.1. The third-order valence-corrected chi connectivity index (χ3v) is 3.68. The van der Waals surface area contributed by atoms with Crippen LogP contribution in [0.5, 0.6) is 0 Å². The second-order valence-electron chi connectivity index (χ2n) is 5.23. The summed E-state index contributed by atoms with van der Waals surface area (Å²) in [6, 6.07) is 3.83. The highest BCUT2D eigenvalue weighted by atomic mass is 19.4. The SMILES string of the molecule is O=C(N[C@H]1C[C@@H](CO)[C@@H](O)C1)c1cccc(C(F)(F)F)c1. The maximum atomic E-state index is 12.6. The summed E-state index contributed by atoms with van der Waals surface area (Å²) in [6.45, 7) is -0.183. The van der Waals surface area contributed by atoms with Gasteiger partial charge in [0.25, 0.3) is 5.91 Å². The normalized spacial score (nSPS) is 25.9. The zero-order valence-corrected chi connectivity index (χ0v) is 11.1. The van der Waals surface area contributed by atoms with Crippen molar-refractivity contribution in [3.8, 4) is 0 Å². The van der Waals surface area contributed by atoms with Crippen LogP contribution in [-0.4, -0.2) is 34.9 Å². The third-order valence-electron chi connectivity index (χ3n) is 3.68. The molecule has 7 heteroatoms. The van der Waals surface area contributed by atoms with Gasteiger partial charge in [0.2, 0.25) is 0 Å². The number of aliphatic hydroxyl groups is 2. The first-order chi connectivity index (χ1) is 9.81. The minimum atomic E-state index is -4.50.